The van der Waals surface area contributed by atoms with Gasteiger partial charge in [-0.3, -0.25) is 4.68 Å². The van der Waals surface area contributed by atoms with E-state index in [0.717, 1.165) is 17.1 Å². The average molecular weight is 219 g/mol. The van der Waals surface area contributed by atoms with Gasteiger partial charge in [0.15, 0.2) is 0 Å². The summed E-state index contributed by atoms with van der Waals surface area (Å²) in [6, 6.07) is 3.96. The van der Waals surface area contributed by atoms with Crippen molar-refractivity contribution in [2.24, 2.45) is 7.05 Å². The first-order valence-corrected chi connectivity index (χ1v) is 5.36. The van der Waals surface area contributed by atoms with Gasteiger partial charge in [-0.1, -0.05) is 0 Å². The van der Waals surface area contributed by atoms with Crippen molar-refractivity contribution in [2.75, 3.05) is 7.05 Å². The molecule has 1 N–H and O–H groups in total. The molecule has 0 saturated carbocycles. The van der Waals surface area contributed by atoms with Crippen LogP contribution in [0, 0.1) is 13.8 Å². The summed E-state index contributed by atoms with van der Waals surface area (Å²) < 4.78 is 7.36. The first-order valence-electron chi connectivity index (χ1n) is 5.36. The van der Waals surface area contributed by atoms with E-state index in [4.69, 9.17) is 4.42 Å². The van der Waals surface area contributed by atoms with Crippen molar-refractivity contribution in [1.82, 2.24) is 15.1 Å². The number of hydrogen-bond donors (Lipinski definition) is 1. The molecule has 2 aromatic rings. The molecule has 0 amide bonds. The normalized spacial score (nSPS) is 13.0. The summed E-state index contributed by atoms with van der Waals surface area (Å²) in [6.07, 6.45) is 1.70. The number of hydrogen-bond acceptors (Lipinski definition) is 3. The van der Waals surface area contributed by atoms with Gasteiger partial charge in [0.1, 0.15) is 5.76 Å². The molecule has 0 fully saturated rings. The smallest absolute Gasteiger partial charge is 0.125 e. The van der Waals surface area contributed by atoms with E-state index in [0.29, 0.717) is 0 Å². The molecule has 1 atom stereocenters. The molecule has 2 heterocycles. The molecular weight excluding hydrogens is 202 g/mol. The minimum atomic E-state index is 0.0729. The number of nitrogens with zero attached hydrogens (tertiary/aromatic N) is 2. The van der Waals surface area contributed by atoms with Gasteiger partial charge in [-0.25, -0.2) is 0 Å². The summed E-state index contributed by atoms with van der Waals surface area (Å²) in [5.74, 6) is 0.918. The summed E-state index contributed by atoms with van der Waals surface area (Å²) in [4.78, 5) is 0. The number of aryl methyl sites for hydroxylation is 2. The Morgan fingerprint density at radius 3 is 2.62 bits per heavy atom. The highest BCUT2D eigenvalue weighted by atomic mass is 16.3. The largest absolute Gasteiger partial charge is 0.467 e. The molecule has 1 unspecified atom stereocenters. The first-order chi connectivity index (χ1) is 7.65. The molecule has 0 aliphatic carbocycles. The zero-order chi connectivity index (χ0) is 11.7. The Bertz CT molecular complexity index is 471. The second kappa shape index (κ2) is 4.14. The third-order valence-corrected chi connectivity index (χ3v) is 2.97. The predicted octanol–water partition coefficient (Wildman–Crippen LogP) is 1.94. The lowest BCUT2D eigenvalue weighted by Crippen LogP contribution is -2.18. The Hall–Kier alpha value is -1.55. The summed E-state index contributed by atoms with van der Waals surface area (Å²) in [7, 11) is 3.89. The molecule has 0 spiro atoms. The first kappa shape index (κ1) is 11.0. The van der Waals surface area contributed by atoms with Gasteiger partial charge in [0.2, 0.25) is 0 Å². The minimum absolute atomic E-state index is 0.0729. The topological polar surface area (TPSA) is 43.0 Å². The highest BCUT2D eigenvalue weighted by Gasteiger charge is 2.22. The van der Waals surface area contributed by atoms with E-state index in [1.54, 1.807) is 6.26 Å². The monoisotopic (exact) mass is 219 g/mol. The van der Waals surface area contributed by atoms with Crippen LogP contribution in [0.4, 0.5) is 0 Å². The maximum atomic E-state index is 5.46. The lowest BCUT2D eigenvalue weighted by atomic mass is 10.0. The number of aromatic nitrogens is 2. The predicted molar refractivity (Wildman–Crippen MR) is 62.3 cm³/mol. The molecule has 2 aromatic heterocycles. The molecule has 0 bridgehead atoms. The number of nitrogens with one attached hydrogen (secondary N) is 1. The van der Waals surface area contributed by atoms with Crippen molar-refractivity contribution in [3.05, 3.63) is 41.1 Å². The van der Waals surface area contributed by atoms with Crippen molar-refractivity contribution in [1.29, 1.82) is 0 Å². The summed E-state index contributed by atoms with van der Waals surface area (Å²) in [5, 5.41) is 7.69. The highest BCUT2D eigenvalue weighted by Crippen LogP contribution is 2.27. The number of rotatable bonds is 3. The molecule has 16 heavy (non-hydrogen) atoms. The van der Waals surface area contributed by atoms with Gasteiger partial charge in [-0.05, 0) is 33.0 Å². The van der Waals surface area contributed by atoms with Crippen LogP contribution < -0.4 is 5.32 Å². The SMILES string of the molecule is CNC(c1ccco1)c1c(C)nn(C)c1C. The van der Waals surface area contributed by atoms with Crippen molar-refractivity contribution in [3.8, 4) is 0 Å². The van der Waals surface area contributed by atoms with Crippen LogP contribution in [0.15, 0.2) is 22.8 Å². The van der Waals surface area contributed by atoms with E-state index in [1.165, 1.54) is 5.56 Å². The highest BCUT2D eigenvalue weighted by molar-refractivity contribution is 5.33. The molecule has 0 saturated heterocycles. The standard InChI is InChI=1S/C12H17N3O/c1-8-11(9(2)15(4)14-8)12(13-3)10-6-5-7-16-10/h5-7,12-13H,1-4H3. The van der Waals surface area contributed by atoms with Gasteiger partial charge >= 0.3 is 0 Å². The van der Waals surface area contributed by atoms with Gasteiger partial charge in [0.25, 0.3) is 0 Å². The van der Waals surface area contributed by atoms with Crippen LogP contribution in [0.2, 0.25) is 0 Å². The molecule has 0 radical (unpaired) electrons. The Kier molecular flexibility index (Phi) is 2.83. The van der Waals surface area contributed by atoms with Crippen LogP contribution >= 0.6 is 0 Å². The van der Waals surface area contributed by atoms with Crippen LogP contribution in [0.1, 0.15) is 28.8 Å². The molecule has 4 nitrogen and oxygen atoms in total. The Morgan fingerprint density at radius 1 is 1.44 bits per heavy atom. The minimum Gasteiger partial charge on any atom is -0.467 e. The van der Waals surface area contributed by atoms with Crippen molar-refractivity contribution in [2.45, 2.75) is 19.9 Å². The maximum absolute atomic E-state index is 5.46. The summed E-state index contributed by atoms with van der Waals surface area (Å²) in [6.45, 7) is 4.10. The second-order valence-electron chi connectivity index (χ2n) is 3.95. The van der Waals surface area contributed by atoms with Gasteiger partial charge in [0, 0.05) is 18.3 Å². The van der Waals surface area contributed by atoms with Crippen LogP contribution in [0.5, 0.6) is 0 Å². The van der Waals surface area contributed by atoms with Gasteiger partial charge < -0.3 is 9.73 Å². The quantitative estimate of drug-likeness (QED) is 0.857. The third-order valence-electron chi connectivity index (χ3n) is 2.97. The van der Waals surface area contributed by atoms with E-state index in [9.17, 15) is 0 Å². The fourth-order valence-corrected chi connectivity index (χ4v) is 2.09. The fraction of sp³-hybridized carbons (Fsp3) is 0.417. The van der Waals surface area contributed by atoms with Crippen LogP contribution in [-0.4, -0.2) is 16.8 Å². The van der Waals surface area contributed by atoms with Gasteiger partial charge in [-0.2, -0.15) is 5.10 Å². The van der Waals surface area contributed by atoms with Crippen molar-refractivity contribution in [3.63, 3.8) is 0 Å². The van der Waals surface area contributed by atoms with Crippen molar-refractivity contribution >= 4 is 0 Å². The van der Waals surface area contributed by atoms with Gasteiger partial charge in [-0.15, -0.1) is 0 Å². The van der Waals surface area contributed by atoms with E-state index in [2.05, 4.69) is 17.3 Å². The zero-order valence-electron chi connectivity index (χ0n) is 10.1. The molecular formula is C12H17N3O. The van der Waals surface area contributed by atoms with Crippen LogP contribution in [0.3, 0.4) is 0 Å². The lowest BCUT2D eigenvalue weighted by molar-refractivity contribution is 0.461. The van der Waals surface area contributed by atoms with E-state index in [1.807, 2.05) is 37.8 Å². The second-order valence-corrected chi connectivity index (χ2v) is 3.95. The van der Waals surface area contributed by atoms with E-state index >= 15 is 0 Å². The van der Waals surface area contributed by atoms with E-state index < -0.39 is 0 Å². The zero-order valence-corrected chi connectivity index (χ0v) is 10.1. The third kappa shape index (κ3) is 1.65. The molecule has 4 heteroatoms. The molecule has 0 aromatic carbocycles. The molecule has 0 aliphatic rings. The summed E-state index contributed by atoms with van der Waals surface area (Å²) in [5.41, 5.74) is 3.39. The Labute approximate surface area is 95.3 Å². The Morgan fingerprint density at radius 2 is 2.19 bits per heavy atom. The van der Waals surface area contributed by atoms with Crippen LogP contribution in [0.25, 0.3) is 0 Å². The molecule has 86 valence electrons. The van der Waals surface area contributed by atoms with Gasteiger partial charge in [0.05, 0.1) is 18.0 Å². The summed E-state index contributed by atoms with van der Waals surface area (Å²) >= 11 is 0. The molecule has 2 rings (SSSR count). The average Bonchev–Trinajstić information content (AvgIpc) is 2.84. The number of furan rings is 1. The van der Waals surface area contributed by atoms with E-state index in [-0.39, 0.29) is 6.04 Å². The maximum Gasteiger partial charge on any atom is 0.125 e. The molecule has 0 aliphatic heterocycles. The Balaban J connectivity index is 2.49. The van der Waals surface area contributed by atoms with Crippen LogP contribution in [-0.2, 0) is 7.05 Å². The lowest BCUT2D eigenvalue weighted by Gasteiger charge is -2.14. The van der Waals surface area contributed by atoms with Crippen molar-refractivity contribution < 1.29 is 4.42 Å². The fourth-order valence-electron chi connectivity index (χ4n) is 2.09.